The third kappa shape index (κ3) is 1.75. The van der Waals surface area contributed by atoms with Crippen LogP contribution in [-0.4, -0.2) is 14.1 Å². The lowest BCUT2D eigenvalue weighted by Gasteiger charge is -2.14. The number of hydrogen-bond acceptors (Lipinski definition) is 2. The van der Waals surface area contributed by atoms with E-state index in [0.717, 1.165) is 12.1 Å². The Morgan fingerprint density at radius 1 is 1.31 bits per heavy atom. The maximum absolute atomic E-state index is 13.1. The van der Waals surface area contributed by atoms with Gasteiger partial charge in [-0.1, -0.05) is 0 Å². The topological polar surface area (TPSA) is 27.0 Å². The normalized spacial score (nSPS) is 9.46. The molecule has 0 saturated carbocycles. The van der Waals surface area contributed by atoms with Gasteiger partial charge in [0.05, 0.1) is 11.3 Å². The second-order valence-corrected chi connectivity index (χ2v) is 2.79. The van der Waals surface area contributed by atoms with Crippen molar-refractivity contribution >= 4 is 5.69 Å². The monoisotopic (exact) mass is 182 g/mol. The molecule has 0 fully saturated rings. The number of anilines is 1. The summed E-state index contributed by atoms with van der Waals surface area (Å²) < 4.78 is 25.8. The van der Waals surface area contributed by atoms with Gasteiger partial charge in [-0.25, -0.2) is 8.78 Å². The van der Waals surface area contributed by atoms with Crippen molar-refractivity contribution in [2.45, 2.75) is 0 Å². The molecule has 0 aromatic heterocycles. The first-order valence-electron chi connectivity index (χ1n) is 3.62. The first-order chi connectivity index (χ1) is 6.06. The van der Waals surface area contributed by atoms with Crippen molar-refractivity contribution in [2.24, 2.45) is 0 Å². The minimum Gasteiger partial charge on any atom is -0.374 e. The maximum Gasteiger partial charge on any atom is 0.150 e. The summed E-state index contributed by atoms with van der Waals surface area (Å²) in [5.41, 5.74) is 0.117. The minimum absolute atomic E-state index is 0.00231. The van der Waals surface area contributed by atoms with Crippen LogP contribution < -0.4 is 4.90 Å². The fourth-order valence-electron chi connectivity index (χ4n) is 1.11. The van der Waals surface area contributed by atoms with Crippen molar-refractivity contribution in [3.8, 4) is 6.07 Å². The van der Waals surface area contributed by atoms with Crippen LogP contribution in [0.4, 0.5) is 14.5 Å². The molecule has 0 aliphatic carbocycles. The number of nitrogens with zero attached hydrogens (tertiary/aromatic N) is 2. The highest BCUT2D eigenvalue weighted by Crippen LogP contribution is 2.23. The van der Waals surface area contributed by atoms with Crippen LogP contribution in [0.1, 0.15) is 5.56 Å². The number of benzene rings is 1. The van der Waals surface area contributed by atoms with Crippen LogP contribution in [-0.2, 0) is 0 Å². The molecule has 0 spiro atoms. The molecule has 0 heterocycles. The Bertz CT molecular complexity index is 367. The second kappa shape index (κ2) is 3.40. The molecule has 0 amide bonds. The Morgan fingerprint density at radius 3 is 2.38 bits per heavy atom. The zero-order valence-electron chi connectivity index (χ0n) is 7.31. The zero-order valence-corrected chi connectivity index (χ0v) is 7.31. The molecule has 0 aliphatic heterocycles. The molecule has 0 saturated heterocycles. The largest absolute Gasteiger partial charge is 0.374 e. The van der Waals surface area contributed by atoms with Gasteiger partial charge in [0, 0.05) is 20.2 Å². The molecule has 0 bridgehead atoms. The fraction of sp³-hybridized carbons (Fsp3) is 0.222. The standard InChI is InChI=1S/C9H8F2N2/c1-13(2)9-6(5-12)3-7(10)4-8(9)11/h3-4H,1-2H3. The summed E-state index contributed by atoms with van der Waals surface area (Å²) in [4.78, 5) is 1.44. The molecular weight excluding hydrogens is 174 g/mol. The van der Waals surface area contributed by atoms with Gasteiger partial charge in [0.2, 0.25) is 0 Å². The van der Waals surface area contributed by atoms with E-state index in [1.807, 2.05) is 0 Å². The number of hydrogen-bond donors (Lipinski definition) is 0. The molecule has 68 valence electrons. The first kappa shape index (κ1) is 9.46. The highest BCUT2D eigenvalue weighted by molar-refractivity contribution is 5.59. The number of halogens is 2. The minimum atomic E-state index is -0.736. The Morgan fingerprint density at radius 2 is 1.92 bits per heavy atom. The van der Waals surface area contributed by atoms with Crippen molar-refractivity contribution in [1.29, 1.82) is 5.26 Å². The van der Waals surface area contributed by atoms with Gasteiger partial charge >= 0.3 is 0 Å². The van der Waals surface area contributed by atoms with Crippen LogP contribution >= 0.6 is 0 Å². The molecule has 4 heteroatoms. The quantitative estimate of drug-likeness (QED) is 0.663. The van der Waals surface area contributed by atoms with E-state index in [9.17, 15) is 8.78 Å². The molecule has 13 heavy (non-hydrogen) atoms. The number of nitriles is 1. The van der Waals surface area contributed by atoms with E-state index >= 15 is 0 Å². The third-order valence-electron chi connectivity index (χ3n) is 1.60. The van der Waals surface area contributed by atoms with Gasteiger partial charge in [-0.3, -0.25) is 0 Å². The lowest BCUT2D eigenvalue weighted by Crippen LogP contribution is -2.12. The zero-order chi connectivity index (χ0) is 10.0. The van der Waals surface area contributed by atoms with E-state index in [2.05, 4.69) is 0 Å². The highest BCUT2D eigenvalue weighted by atomic mass is 19.1. The summed E-state index contributed by atoms with van der Waals surface area (Å²) in [6.07, 6.45) is 0. The van der Waals surface area contributed by atoms with Crippen LogP contribution in [0.2, 0.25) is 0 Å². The van der Waals surface area contributed by atoms with E-state index < -0.39 is 11.6 Å². The van der Waals surface area contributed by atoms with Crippen LogP contribution in [0.15, 0.2) is 12.1 Å². The van der Waals surface area contributed by atoms with Gasteiger partial charge < -0.3 is 4.90 Å². The highest BCUT2D eigenvalue weighted by Gasteiger charge is 2.12. The van der Waals surface area contributed by atoms with Gasteiger partial charge in [-0.15, -0.1) is 0 Å². The predicted molar refractivity (Wildman–Crippen MR) is 45.4 cm³/mol. The molecule has 2 nitrogen and oxygen atoms in total. The fourth-order valence-corrected chi connectivity index (χ4v) is 1.11. The molecule has 0 atom stereocenters. The lowest BCUT2D eigenvalue weighted by atomic mass is 10.1. The maximum atomic E-state index is 13.1. The van der Waals surface area contributed by atoms with E-state index in [4.69, 9.17) is 5.26 Å². The van der Waals surface area contributed by atoms with Crippen molar-refractivity contribution in [3.63, 3.8) is 0 Å². The molecular formula is C9H8F2N2. The summed E-state index contributed by atoms with van der Waals surface area (Å²) in [5.74, 6) is -1.46. The molecule has 1 rings (SSSR count). The third-order valence-corrected chi connectivity index (χ3v) is 1.60. The van der Waals surface area contributed by atoms with Gasteiger partial charge in [-0.05, 0) is 6.07 Å². The summed E-state index contributed by atoms with van der Waals surface area (Å²) in [6, 6.07) is 3.51. The average Bonchev–Trinajstić information content (AvgIpc) is 2.01. The SMILES string of the molecule is CN(C)c1c(F)cc(F)cc1C#N. The van der Waals surface area contributed by atoms with E-state index in [1.165, 1.54) is 4.90 Å². The molecule has 0 radical (unpaired) electrons. The van der Waals surface area contributed by atoms with Crippen LogP contribution in [0.3, 0.4) is 0 Å². The van der Waals surface area contributed by atoms with Gasteiger partial charge in [0.1, 0.15) is 11.9 Å². The van der Waals surface area contributed by atoms with E-state index in [0.29, 0.717) is 0 Å². The van der Waals surface area contributed by atoms with Crippen molar-refractivity contribution in [2.75, 3.05) is 19.0 Å². The van der Waals surface area contributed by atoms with Crippen molar-refractivity contribution in [1.82, 2.24) is 0 Å². The summed E-state index contributed by atoms with van der Waals surface area (Å²) in [6.45, 7) is 0. The summed E-state index contributed by atoms with van der Waals surface area (Å²) in [7, 11) is 3.19. The Labute approximate surface area is 75.0 Å². The van der Waals surface area contributed by atoms with Crippen LogP contribution in [0.25, 0.3) is 0 Å². The van der Waals surface area contributed by atoms with Crippen LogP contribution in [0, 0.1) is 23.0 Å². The molecule has 1 aromatic rings. The summed E-state index contributed by atoms with van der Waals surface area (Å²) in [5, 5.41) is 8.61. The van der Waals surface area contributed by atoms with Crippen LogP contribution in [0.5, 0.6) is 0 Å². The van der Waals surface area contributed by atoms with Gasteiger partial charge in [0.25, 0.3) is 0 Å². The molecule has 0 aliphatic rings. The Kier molecular flexibility index (Phi) is 2.47. The first-order valence-corrected chi connectivity index (χ1v) is 3.62. The smallest absolute Gasteiger partial charge is 0.150 e. The second-order valence-electron chi connectivity index (χ2n) is 2.79. The van der Waals surface area contributed by atoms with Crippen molar-refractivity contribution in [3.05, 3.63) is 29.3 Å². The lowest BCUT2D eigenvalue weighted by molar-refractivity contribution is 0.582. The summed E-state index contributed by atoms with van der Waals surface area (Å²) >= 11 is 0. The molecule has 1 aromatic carbocycles. The predicted octanol–water partition coefficient (Wildman–Crippen LogP) is 1.90. The number of rotatable bonds is 1. The molecule has 0 unspecified atom stereocenters. The Balaban J connectivity index is 3.41. The van der Waals surface area contributed by atoms with Gasteiger partial charge in [-0.2, -0.15) is 5.26 Å². The molecule has 0 N–H and O–H groups in total. The average molecular weight is 182 g/mol. The van der Waals surface area contributed by atoms with E-state index in [1.54, 1.807) is 20.2 Å². The Hall–Kier alpha value is -1.63. The van der Waals surface area contributed by atoms with Crippen molar-refractivity contribution < 1.29 is 8.78 Å². The van der Waals surface area contributed by atoms with Gasteiger partial charge in [0.15, 0.2) is 5.82 Å². The van der Waals surface area contributed by atoms with E-state index in [-0.39, 0.29) is 11.3 Å².